The van der Waals surface area contributed by atoms with Gasteiger partial charge in [-0.1, -0.05) is 47.7 Å². The fourth-order valence-electron chi connectivity index (χ4n) is 5.28. The lowest BCUT2D eigenvalue weighted by Crippen LogP contribution is -2.40. The molecule has 3 aromatic carbocycles. The van der Waals surface area contributed by atoms with Crippen molar-refractivity contribution in [3.05, 3.63) is 113 Å². The predicted molar refractivity (Wildman–Crippen MR) is 159 cm³/mol. The first-order valence-electron chi connectivity index (χ1n) is 13.9. The highest BCUT2D eigenvalue weighted by molar-refractivity contribution is 6.13. The number of benzene rings is 3. The summed E-state index contributed by atoms with van der Waals surface area (Å²) in [5, 5.41) is 17.4. The fraction of sp³-hybridized carbons (Fsp3) is 0.250. The summed E-state index contributed by atoms with van der Waals surface area (Å²) in [6, 6.07) is 23.7. The number of amides is 1. The van der Waals surface area contributed by atoms with Crippen LogP contribution in [0, 0.1) is 5.41 Å². The lowest BCUT2D eigenvalue weighted by atomic mass is 9.95. The Bertz CT molecular complexity index is 1570. The van der Waals surface area contributed by atoms with Crippen molar-refractivity contribution >= 4 is 22.9 Å². The van der Waals surface area contributed by atoms with Crippen molar-refractivity contribution < 1.29 is 9.53 Å². The molecule has 208 valence electrons. The van der Waals surface area contributed by atoms with Gasteiger partial charge in [0.05, 0.1) is 30.8 Å². The summed E-state index contributed by atoms with van der Waals surface area (Å²) in [5.74, 6) is -0.00625. The molecule has 2 aliphatic heterocycles. The normalized spacial score (nSPS) is 15.9. The van der Waals surface area contributed by atoms with Crippen molar-refractivity contribution in [3.63, 3.8) is 0 Å². The Morgan fingerprint density at radius 3 is 2.49 bits per heavy atom. The summed E-state index contributed by atoms with van der Waals surface area (Å²) in [4.78, 5) is 17.0. The van der Waals surface area contributed by atoms with Gasteiger partial charge in [-0.05, 0) is 59.5 Å². The zero-order chi connectivity index (χ0) is 28.2. The van der Waals surface area contributed by atoms with Crippen molar-refractivity contribution in [2.75, 3.05) is 45.1 Å². The highest BCUT2D eigenvalue weighted by Gasteiger charge is 2.20. The number of nitrogens with zero attached hydrogens (tertiary/aromatic N) is 5. The Kier molecular flexibility index (Phi) is 7.71. The van der Waals surface area contributed by atoms with Crippen molar-refractivity contribution in [1.82, 2.24) is 24.8 Å². The van der Waals surface area contributed by atoms with E-state index in [9.17, 15) is 4.79 Å². The number of morpholine rings is 1. The third kappa shape index (κ3) is 5.96. The molecule has 0 aliphatic carbocycles. The minimum absolute atomic E-state index is 0.00625. The molecule has 1 aromatic heterocycles. The average molecular weight is 548 g/mol. The minimum Gasteiger partial charge on any atom is -0.398 e. The summed E-state index contributed by atoms with van der Waals surface area (Å²) in [5.41, 5.74) is 13.2. The van der Waals surface area contributed by atoms with E-state index < -0.39 is 0 Å². The Hall–Kier alpha value is -4.60. The number of nitrogens with one attached hydrogen (secondary N) is 1. The maximum atomic E-state index is 12.8. The van der Waals surface area contributed by atoms with E-state index in [1.165, 1.54) is 11.1 Å². The number of hydrogen-bond donors (Lipinski definition) is 2. The zero-order valence-electron chi connectivity index (χ0n) is 22.9. The predicted octanol–water partition coefficient (Wildman–Crippen LogP) is 4.03. The summed E-state index contributed by atoms with van der Waals surface area (Å²) in [6.45, 7) is 5.12. The van der Waals surface area contributed by atoms with Crippen LogP contribution in [0.2, 0.25) is 0 Å². The van der Waals surface area contributed by atoms with Crippen LogP contribution < -0.4 is 5.73 Å². The first-order chi connectivity index (χ1) is 20.0. The Morgan fingerprint density at radius 2 is 1.76 bits per heavy atom. The van der Waals surface area contributed by atoms with E-state index in [0.717, 1.165) is 37.3 Å². The van der Waals surface area contributed by atoms with Gasteiger partial charge >= 0.3 is 0 Å². The van der Waals surface area contributed by atoms with Crippen LogP contribution in [0.25, 0.3) is 11.3 Å². The van der Waals surface area contributed by atoms with E-state index in [1.807, 2.05) is 36.4 Å². The Labute approximate surface area is 239 Å². The molecule has 9 nitrogen and oxygen atoms in total. The molecule has 0 unspecified atom stereocenters. The Morgan fingerprint density at radius 1 is 0.976 bits per heavy atom. The van der Waals surface area contributed by atoms with Crippen LogP contribution in [0.1, 0.15) is 39.2 Å². The highest BCUT2D eigenvalue weighted by Crippen LogP contribution is 2.27. The quantitative estimate of drug-likeness (QED) is 0.267. The van der Waals surface area contributed by atoms with Crippen molar-refractivity contribution in [3.8, 4) is 5.69 Å². The second-order valence-electron chi connectivity index (χ2n) is 10.4. The number of nitrogen functional groups attached to an aromatic ring is 1. The first-order valence-corrected chi connectivity index (χ1v) is 13.9. The van der Waals surface area contributed by atoms with Crippen molar-refractivity contribution in [2.45, 2.75) is 13.0 Å². The van der Waals surface area contributed by atoms with Gasteiger partial charge in [0.15, 0.2) is 0 Å². The molecular weight excluding hydrogens is 514 g/mol. The largest absolute Gasteiger partial charge is 0.398 e. The molecule has 0 atom stereocenters. The van der Waals surface area contributed by atoms with Crippen LogP contribution in [-0.4, -0.2) is 75.8 Å². The number of nitrogens with two attached hydrogens (primary N) is 1. The molecule has 1 fully saturated rings. The molecule has 9 heteroatoms. The van der Waals surface area contributed by atoms with Crippen LogP contribution >= 0.6 is 0 Å². The second-order valence-corrected chi connectivity index (χ2v) is 10.4. The molecule has 6 rings (SSSR count). The molecule has 4 aromatic rings. The topological polar surface area (TPSA) is 113 Å². The molecule has 0 bridgehead atoms. The number of rotatable bonds is 7. The average Bonchev–Trinajstić information content (AvgIpc) is 3.53. The van der Waals surface area contributed by atoms with Gasteiger partial charge in [0.25, 0.3) is 5.91 Å². The Balaban J connectivity index is 1.14. The molecule has 0 saturated carbocycles. The van der Waals surface area contributed by atoms with Gasteiger partial charge in [0, 0.05) is 49.5 Å². The zero-order valence-corrected chi connectivity index (χ0v) is 22.9. The third-order valence-corrected chi connectivity index (χ3v) is 7.66. The van der Waals surface area contributed by atoms with Gasteiger partial charge in [-0.2, -0.15) is 0 Å². The van der Waals surface area contributed by atoms with Crippen molar-refractivity contribution in [2.24, 2.45) is 0 Å². The first kappa shape index (κ1) is 26.6. The third-order valence-electron chi connectivity index (χ3n) is 7.66. The monoisotopic (exact) mass is 547 g/mol. The lowest BCUT2D eigenvalue weighted by Gasteiger charge is -2.26. The lowest BCUT2D eigenvalue weighted by molar-refractivity contribution is 0.0303. The van der Waals surface area contributed by atoms with E-state index in [2.05, 4.69) is 45.6 Å². The van der Waals surface area contributed by atoms with Crippen molar-refractivity contribution in [1.29, 1.82) is 5.41 Å². The van der Waals surface area contributed by atoms with Gasteiger partial charge < -0.3 is 15.4 Å². The summed E-state index contributed by atoms with van der Waals surface area (Å²) >= 11 is 0. The van der Waals surface area contributed by atoms with Crippen LogP contribution in [-0.2, 0) is 11.3 Å². The van der Waals surface area contributed by atoms with E-state index in [-0.39, 0.29) is 11.6 Å². The van der Waals surface area contributed by atoms with Crippen LogP contribution in [0.5, 0.6) is 0 Å². The number of carbonyl (C=O) groups excluding carboxylic acids is 1. The number of hydrogen-bond acceptors (Lipinski definition) is 7. The molecule has 3 heterocycles. The fourth-order valence-corrected chi connectivity index (χ4v) is 5.28. The summed E-state index contributed by atoms with van der Waals surface area (Å²) < 4.78 is 6.95. The maximum absolute atomic E-state index is 12.8. The van der Waals surface area contributed by atoms with Crippen LogP contribution in [0.3, 0.4) is 0 Å². The minimum atomic E-state index is -0.00625. The molecule has 1 saturated heterocycles. The number of aromatic nitrogens is 3. The maximum Gasteiger partial charge on any atom is 0.254 e. The number of ether oxygens (including phenoxy) is 1. The van der Waals surface area contributed by atoms with Gasteiger partial charge in [-0.3, -0.25) is 15.1 Å². The van der Waals surface area contributed by atoms with E-state index in [0.29, 0.717) is 48.8 Å². The molecule has 0 spiro atoms. The molecule has 0 radical (unpaired) electrons. The number of anilines is 1. The van der Waals surface area contributed by atoms with Gasteiger partial charge in [-0.15, -0.1) is 5.10 Å². The van der Waals surface area contributed by atoms with Gasteiger partial charge in [0.1, 0.15) is 5.69 Å². The van der Waals surface area contributed by atoms with E-state index >= 15 is 0 Å². The highest BCUT2D eigenvalue weighted by atomic mass is 16.5. The molecular formula is C32H33N7O2. The molecule has 3 N–H and O–H groups in total. The van der Waals surface area contributed by atoms with Crippen LogP contribution in [0.4, 0.5) is 5.69 Å². The summed E-state index contributed by atoms with van der Waals surface area (Å²) in [7, 11) is 0. The number of carbonyl (C=O) groups is 1. The molecule has 1 amide bonds. The molecule has 41 heavy (non-hydrogen) atoms. The SMILES string of the molecule is N=C(c1cn(-c2ccc(C(=O)N3CCOCC3)cc2)nn1)c1cc(C2=CCN(Cc3ccccc3)CC2)ccc1N. The van der Waals surface area contributed by atoms with E-state index in [4.69, 9.17) is 15.9 Å². The van der Waals surface area contributed by atoms with Gasteiger partial charge in [0.2, 0.25) is 0 Å². The van der Waals surface area contributed by atoms with Gasteiger partial charge in [-0.25, -0.2) is 4.68 Å². The standard InChI is InChI=1S/C32H33N7O2/c33-29-11-8-26(24-12-14-37(15-13-24)21-23-4-2-1-3-5-23)20-28(29)31(34)30-22-39(36-35-30)27-9-6-25(7-10-27)32(40)38-16-18-41-19-17-38/h1-12,20,22,34H,13-19,21,33H2. The van der Waals surface area contributed by atoms with Crippen LogP contribution in [0.15, 0.2) is 85.1 Å². The van der Waals surface area contributed by atoms with E-state index in [1.54, 1.807) is 27.9 Å². The summed E-state index contributed by atoms with van der Waals surface area (Å²) in [6.07, 6.45) is 4.92. The smallest absolute Gasteiger partial charge is 0.254 e. The molecule has 2 aliphatic rings. The second kappa shape index (κ2) is 11.9.